The summed E-state index contributed by atoms with van der Waals surface area (Å²) in [5.41, 5.74) is 1.01. The summed E-state index contributed by atoms with van der Waals surface area (Å²) in [5, 5.41) is 21.0. The smallest absolute Gasteiger partial charge is 0.323 e. The molecule has 142 valence electrons. The molecule has 0 bridgehead atoms. The summed E-state index contributed by atoms with van der Waals surface area (Å²) in [7, 11) is 0. The highest BCUT2D eigenvalue weighted by atomic mass is 19.1. The van der Waals surface area contributed by atoms with E-state index in [4.69, 9.17) is 5.11 Å². The number of amides is 2. The number of rotatable bonds is 4. The molecule has 0 fully saturated rings. The average Bonchev–Trinajstić information content (AvgIpc) is 2.69. The first-order valence-corrected chi connectivity index (χ1v) is 8.29. The molecule has 1 aliphatic heterocycles. The Morgan fingerprint density at radius 3 is 2.70 bits per heavy atom. The molecule has 2 aromatic rings. The van der Waals surface area contributed by atoms with Crippen LogP contribution >= 0.6 is 0 Å². The molecule has 0 aromatic carbocycles. The lowest BCUT2D eigenvalue weighted by Gasteiger charge is -2.26. The number of anilines is 1. The van der Waals surface area contributed by atoms with Crippen LogP contribution < -0.4 is 5.32 Å². The number of urea groups is 1. The monoisotopic (exact) mass is 376 g/mol. The third-order valence-electron chi connectivity index (χ3n) is 4.18. The van der Waals surface area contributed by atoms with E-state index in [-0.39, 0.29) is 29.7 Å². The minimum atomic E-state index is -1.18. The van der Waals surface area contributed by atoms with Gasteiger partial charge in [-0.15, -0.1) is 0 Å². The highest BCUT2D eigenvalue weighted by molar-refractivity contribution is 5.89. The van der Waals surface area contributed by atoms with Crippen molar-refractivity contribution in [1.29, 1.82) is 0 Å². The van der Waals surface area contributed by atoms with Crippen molar-refractivity contribution in [1.82, 2.24) is 14.9 Å². The summed E-state index contributed by atoms with van der Waals surface area (Å²) in [5.74, 6) is -0.854. The molecule has 1 aliphatic rings. The van der Waals surface area contributed by atoms with E-state index in [1.165, 1.54) is 23.2 Å². The summed E-state index contributed by atoms with van der Waals surface area (Å²) in [6, 6.07) is 3.31. The summed E-state index contributed by atoms with van der Waals surface area (Å²) >= 11 is 0. The summed E-state index contributed by atoms with van der Waals surface area (Å²) in [6.07, 6.45) is 3.25. The van der Waals surface area contributed by atoms with Gasteiger partial charge < -0.3 is 15.1 Å². The van der Waals surface area contributed by atoms with Crippen LogP contribution in [0.1, 0.15) is 23.8 Å². The van der Waals surface area contributed by atoms with Crippen molar-refractivity contribution in [3.05, 3.63) is 59.6 Å². The second-order valence-electron chi connectivity index (χ2n) is 6.01. The number of nitrogens with zero attached hydrogens (tertiary/aromatic N) is 3. The van der Waals surface area contributed by atoms with E-state index in [1.54, 1.807) is 6.08 Å². The van der Waals surface area contributed by atoms with Gasteiger partial charge in [-0.25, -0.2) is 18.6 Å². The molecule has 0 radical (unpaired) electrons. The van der Waals surface area contributed by atoms with Crippen LogP contribution in [-0.4, -0.2) is 50.8 Å². The van der Waals surface area contributed by atoms with Gasteiger partial charge in [0.15, 0.2) is 0 Å². The maximum atomic E-state index is 14.3. The fraction of sp³-hybridized carbons (Fsp3) is 0.278. The number of aromatic nitrogens is 2. The van der Waals surface area contributed by atoms with E-state index in [0.29, 0.717) is 18.5 Å². The van der Waals surface area contributed by atoms with Crippen LogP contribution in [0.2, 0.25) is 0 Å². The largest absolute Gasteiger partial charge is 0.393 e. The van der Waals surface area contributed by atoms with Crippen molar-refractivity contribution in [2.75, 3.05) is 25.0 Å². The lowest BCUT2D eigenvalue weighted by Crippen LogP contribution is -2.38. The Hall–Kier alpha value is -2.91. The van der Waals surface area contributed by atoms with Crippen molar-refractivity contribution in [2.24, 2.45) is 0 Å². The second kappa shape index (κ2) is 8.19. The third-order valence-corrected chi connectivity index (χ3v) is 4.18. The van der Waals surface area contributed by atoms with E-state index in [2.05, 4.69) is 15.3 Å². The van der Waals surface area contributed by atoms with Crippen molar-refractivity contribution in [2.45, 2.75) is 12.5 Å². The van der Waals surface area contributed by atoms with Gasteiger partial charge in [0, 0.05) is 24.8 Å². The topological polar surface area (TPSA) is 98.6 Å². The standard InChI is InChI=1S/C18H18F2N4O3/c19-13-1-2-16(21-9-13)23-18(27)24-5-3-11(4-6-24)17-14(20)7-12(8-22-17)15(26)10-25/h1-3,7-9,15,25-26H,4-6,10H2,(H,21,23,27)/t15-/m1/s1. The first kappa shape index (κ1) is 18.9. The van der Waals surface area contributed by atoms with Crippen molar-refractivity contribution in [3.8, 4) is 0 Å². The van der Waals surface area contributed by atoms with Crippen LogP contribution in [0.4, 0.5) is 19.4 Å². The molecular formula is C18H18F2N4O3. The van der Waals surface area contributed by atoms with E-state index in [0.717, 1.165) is 12.3 Å². The number of carbonyl (C=O) groups excluding carboxylic acids is 1. The summed E-state index contributed by atoms with van der Waals surface area (Å²) in [6.45, 7) is 0.0850. The van der Waals surface area contributed by atoms with Gasteiger partial charge in [-0.1, -0.05) is 6.08 Å². The van der Waals surface area contributed by atoms with Gasteiger partial charge in [0.05, 0.1) is 12.8 Å². The van der Waals surface area contributed by atoms with Crippen LogP contribution in [0.3, 0.4) is 0 Å². The molecule has 0 unspecified atom stereocenters. The Morgan fingerprint density at radius 1 is 1.30 bits per heavy atom. The Morgan fingerprint density at radius 2 is 2.11 bits per heavy atom. The van der Waals surface area contributed by atoms with E-state index in [9.17, 15) is 18.7 Å². The third kappa shape index (κ3) is 4.44. The number of aliphatic hydroxyl groups is 2. The Bertz CT molecular complexity index is 858. The molecule has 3 N–H and O–H groups in total. The molecular weight excluding hydrogens is 358 g/mol. The molecule has 7 nitrogen and oxygen atoms in total. The van der Waals surface area contributed by atoms with Crippen LogP contribution in [0.5, 0.6) is 0 Å². The SMILES string of the molecule is O=C(Nc1ccc(F)cn1)N1CC=C(c2ncc([C@H](O)CO)cc2F)CC1. The number of nitrogens with one attached hydrogen (secondary N) is 1. The number of hydrogen-bond acceptors (Lipinski definition) is 5. The number of hydrogen-bond donors (Lipinski definition) is 3. The number of pyridine rings is 2. The lowest BCUT2D eigenvalue weighted by molar-refractivity contribution is 0.0950. The van der Waals surface area contributed by atoms with Gasteiger partial charge in [0.2, 0.25) is 0 Å². The number of halogens is 2. The normalized spacial score (nSPS) is 15.3. The second-order valence-corrected chi connectivity index (χ2v) is 6.01. The first-order valence-electron chi connectivity index (χ1n) is 8.29. The van der Waals surface area contributed by atoms with Crippen LogP contribution in [0.25, 0.3) is 5.57 Å². The van der Waals surface area contributed by atoms with Gasteiger partial charge in [-0.2, -0.15) is 0 Å². The van der Waals surface area contributed by atoms with E-state index in [1.807, 2.05) is 0 Å². The maximum Gasteiger partial charge on any atom is 0.323 e. The zero-order valence-corrected chi connectivity index (χ0v) is 14.3. The minimum Gasteiger partial charge on any atom is -0.393 e. The molecule has 0 aliphatic carbocycles. The van der Waals surface area contributed by atoms with Gasteiger partial charge in [-0.05, 0) is 30.2 Å². The molecule has 27 heavy (non-hydrogen) atoms. The highest BCUT2D eigenvalue weighted by Gasteiger charge is 2.21. The van der Waals surface area contributed by atoms with Crippen molar-refractivity contribution in [3.63, 3.8) is 0 Å². The number of aliphatic hydroxyl groups excluding tert-OH is 2. The molecule has 0 saturated carbocycles. The van der Waals surface area contributed by atoms with Crippen LogP contribution in [0, 0.1) is 11.6 Å². The Kier molecular flexibility index (Phi) is 5.72. The molecule has 3 heterocycles. The predicted molar refractivity (Wildman–Crippen MR) is 93.6 cm³/mol. The highest BCUT2D eigenvalue weighted by Crippen LogP contribution is 2.25. The van der Waals surface area contributed by atoms with Crippen molar-refractivity contribution < 1.29 is 23.8 Å². The summed E-state index contributed by atoms with van der Waals surface area (Å²) in [4.78, 5) is 21.5. The fourth-order valence-corrected chi connectivity index (χ4v) is 2.68. The van der Waals surface area contributed by atoms with E-state index >= 15 is 0 Å². The van der Waals surface area contributed by atoms with E-state index < -0.39 is 24.3 Å². The molecule has 0 saturated heterocycles. The Balaban J connectivity index is 1.66. The zero-order chi connectivity index (χ0) is 19.4. The minimum absolute atomic E-state index is 0.157. The number of carbonyl (C=O) groups is 1. The molecule has 2 amide bonds. The van der Waals surface area contributed by atoms with Gasteiger partial charge >= 0.3 is 6.03 Å². The zero-order valence-electron chi connectivity index (χ0n) is 14.3. The van der Waals surface area contributed by atoms with Gasteiger partial charge in [-0.3, -0.25) is 10.3 Å². The fourth-order valence-electron chi connectivity index (χ4n) is 2.68. The van der Waals surface area contributed by atoms with Crippen LogP contribution in [-0.2, 0) is 0 Å². The average molecular weight is 376 g/mol. The predicted octanol–water partition coefficient (Wildman–Crippen LogP) is 2.10. The molecule has 0 spiro atoms. The molecule has 3 rings (SSSR count). The van der Waals surface area contributed by atoms with Crippen molar-refractivity contribution >= 4 is 17.4 Å². The molecule has 1 atom stereocenters. The molecule has 9 heteroatoms. The lowest BCUT2D eigenvalue weighted by atomic mass is 10.0. The summed E-state index contributed by atoms with van der Waals surface area (Å²) < 4.78 is 27.1. The quantitative estimate of drug-likeness (QED) is 0.759. The van der Waals surface area contributed by atoms with Gasteiger partial charge in [0.25, 0.3) is 0 Å². The molecule has 2 aromatic heterocycles. The first-order chi connectivity index (χ1) is 13.0. The maximum absolute atomic E-state index is 14.3. The van der Waals surface area contributed by atoms with Gasteiger partial charge in [0.1, 0.15) is 29.3 Å². The Labute approximate surface area is 154 Å². The van der Waals surface area contributed by atoms with Crippen LogP contribution in [0.15, 0.2) is 36.7 Å².